The van der Waals surface area contributed by atoms with Crippen LogP contribution in [-0.4, -0.2) is 49.1 Å². The number of halogens is 2. The highest BCUT2D eigenvalue weighted by Gasteiger charge is 2.34. The third kappa shape index (κ3) is 6.59. The number of aromatic hydroxyl groups is 1. The first-order valence-corrected chi connectivity index (χ1v) is 8.27. The SMILES string of the molecule is CCNC(=NCc1ccc(O)c(F)c1)NCC1(CCO)CCOC1.I. The van der Waals surface area contributed by atoms with E-state index in [0.717, 1.165) is 6.42 Å². The quantitative estimate of drug-likeness (QED) is 0.280. The molecule has 1 aromatic rings. The summed E-state index contributed by atoms with van der Waals surface area (Å²) in [7, 11) is 0. The largest absolute Gasteiger partial charge is 0.505 e. The number of aliphatic hydroxyl groups is 1. The molecule has 1 heterocycles. The molecule has 0 saturated carbocycles. The second kappa shape index (κ2) is 10.8. The van der Waals surface area contributed by atoms with Crippen LogP contribution in [0.4, 0.5) is 4.39 Å². The Hall–Kier alpha value is -1.13. The number of aliphatic hydroxyl groups excluding tert-OH is 1. The Bertz CT molecular complexity index is 566. The van der Waals surface area contributed by atoms with Gasteiger partial charge in [0.25, 0.3) is 0 Å². The van der Waals surface area contributed by atoms with Gasteiger partial charge in [-0.3, -0.25) is 0 Å². The number of benzene rings is 1. The molecule has 0 aliphatic carbocycles. The van der Waals surface area contributed by atoms with Crippen molar-refractivity contribution in [2.24, 2.45) is 10.4 Å². The molecule has 1 unspecified atom stereocenters. The molecule has 142 valence electrons. The zero-order valence-corrected chi connectivity index (χ0v) is 16.8. The van der Waals surface area contributed by atoms with Crippen LogP contribution >= 0.6 is 24.0 Å². The smallest absolute Gasteiger partial charge is 0.191 e. The van der Waals surface area contributed by atoms with E-state index in [0.29, 0.717) is 50.8 Å². The third-order valence-corrected chi connectivity index (χ3v) is 4.23. The first-order chi connectivity index (χ1) is 11.6. The van der Waals surface area contributed by atoms with Crippen LogP contribution in [-0.2, 0) is 11.3 Å². The summed E-state index contributed by atoms with van der Waals surface area (Å²) < 4.78 is 18.9. The Balaban J connectivity index is 0.00000312. The molecular weight excluding hydrogens is 440 g/mol. The molecule has 0 radical (unpaired) electrons. The molecule has 6 nitrogen and oxygen atoms in total. The van der Waals surface area contributed by atoms with E-state index in [1.54, 1.807) is 6.07 Å². The highest BCUT2D eigenvalue weighted by molar-refractivity contribution is 14.0. The second-order valence-corrected chi connectivity index (χ2v) is 6.11. The van der Waals surface area contributed by atoms with Gasteiger partial charge in [-0.15, -0.1) is 24.0 Å². The highest BCUT2D eigenvalue weighted by atomic mass is 127. The van der Waals surface area contributed by atoms with Gasteiger partial charge in [-0.25, -0.2) is 9.38 Å². The number of phenolic OH excluding ortho intramolecular Hbond substituents is 1. The molecule has 8 heteroatoms. The van der Waals surface area contributed by atoms with Crippen molar-refractivity contribution in [1.82, 2.24) is 10.6 Å². The minimum atomic E-state index is -0.648. The maximum Gasteiger partial charge on any atom is 0.191 e. The molecule has 0 bridgehead atoms. The van der Waals surface area contributed by atoms with E-state index in [1.807, 2.05) is 6.92 Å². The van der Waals surface area contributed by atoms with Crippen LogP contribution < -0.4 is 10.6 Å². The number of guanidine groups is 1. The number of nitrogens with one attached hydrogen (secondary N) is 2. The van der Waals surface area contributed by atoms with Crippen LogP contribution in [0.15, 0.2) is 23.2 Å². The monoisotopic (exact) mass is 467 g/mol. The number of phenols is 1. The van der Waals surface area contributed by atoms with Gasteiger partial charge in [-0.05, 0) is 37.5 Å². The molecule has 1 saturated heterocycles. The van der Waals surface area contributed by atoms with E-state index < -0.39 is 5.82 Å². The summed E-state index contributed by atoms with van der Waals surface area (Å²) in [6.45, 7) is 5.11. The molecule has 25 heavy (non-hydrogen) atoms. The predicted octanol–water partition coefficient (Wildman–Crippen LogP) is 1.99. The van der Waals surface area contributed by atoms with Crippen molar-refractivity contribution in [1.29, 1.82) is 0 Å². The lowest BCUT2D eigenvalue weighted by Crippen LogP contribution is -2.44. The molecule has 1 fully saturated rings. The van der Waals surface area contributed by atoms with E-state index in [9.17, 15) is 14.6 Å². The zero-order chi connectivity index (χ0) is 17.4. The Kier molecular flexibility index (Phi) is 9.44. The van der Waals surface area contributed by atoms with Crippen LogP contribution in [0.2, 0.25) is 0 Å². The van der Waals surface area contributed by atoms with Gasteiger partial charge in [0.15, 0.2) is 17.5 Å². The molecule has 0 aromatic heterocycles. The number of rotatable bonds is 7. The van der Waals surface area contributed by atoms with Gasteiger partial charge in [-0.2, -0.15) is 0 Å². The lowest BCUT2D eigenvalue weighted by Gasteiger charge is -2.27. The summed E-state index contributed by atoms with van der Waals surface area (Å²) in [5.74, 6) is -0.374. The molecular formula is C17H27FIN3O3. The first-order valence-electron chi connectivity index (χ1n) is 8.27. The zero-order valence-electron chi connectivity index (χ0n) is 14.4. The van der Waals surface area contributed by atoms with Gasteiger partial charge < -0.3 is 25.6 Å². The van der Waals surface area contributed by atoms with Gasteiger partial charge in [0.1, 0.15) is 0 Å². The second-order valence-electron chi connectivity index (χ2n) is 6.11. The number of hydrogen-bond donors (Lipinski definition) is 4. The molecule has 1 aliphatic heterocycles. The minimum Gasteiger partial charge on any atom is -0.505 e. The lowest BCUT2D eigenvalue weighted by atomic mass is 9.84. The Morgan fingerprint density at radius 2 is 2.20 bits per heavy atom. The summed E-state index contributed by atoms with van der Waals surface area (Å²) in [6.07, 6.45) is 1.59. The van der Waals surface area contributed by atoms with Crippen molar-refractivity contribution in [3.05, 3.63) is 29.6 Å². The van der Waals surface area contributed by atoms with Crippen LogP contribution in [0.3, 0.4) is 0 Å². The Morgan fingerprint density at radius 3 is 2.80 bits per heavy atom. The average molecular weight is 467 g/mol. The van der Waals surface area contributed by atoms with E-state index in [2.05, 4.69) is 15.6 Å². The van der Waals surface area contributed by atoms with Crippen molar-refractivity contribution in [3.63, 3.8) is 0 Å². The molecule has 1 aromatic carbocycles. The van der Waals surface area contributed by atoms with E-state index in [-0.39, 0.29) is 41.7 Å². The van der Waals surface area contributed by atoms with Gasteiger partial charge in [0.05, 0.1) is 13.2 Å². The Morgan fingerprint density at radius 1 is 1.40 bits per heavy atom. The van der Waals surface area contributed by atoms with Gasteiger partial charge in [-0.1, -0.05) is 6.07 Å². The minimum absolute atomic E-state index is 0. The summed E-state index contributed by atoms with van der Waals surface area (Å²) in [4.78, 5) is 4.45. The van der Waals surface area contributed by atoms with E-state index in [1.165, 1.54) is 12.1 Å². The van der Waals surface area contributed by atoms with Crippen molar-refractivity contribution in [2.45, 2.75) is 26.3 Å². The first kappa shape index (κ1) is 21.9. The molecule has 1 atom stereocenters. The topological polar surface area (TPSA) is 86.1 Å². The average Bonchev–Trinajstić information content (AvgIpc) is 3.02. The highest BCUT2D eigenvalue weighted by Crippen LogP contribution is 2.31. The van der Waals surface area contributed by atoms with Crippen molar-refractivity contribution in [2.75, 3.05) is 32.9 Å². The summed E-state index contributed by atoms with van der Waals surface area (Å²) in [6, 6.07) is 4.25. The summed E-state index contributed by atoms with van der Waals surface area (Å²) in [5, 5.41) is 24.9. The molecule has 4 N–H and O–H groups in total. The van der Waals surface area contributed by atoms with Crippen LogP contribution in [0.25, 0.3) is 0 Å². The molecule has 0 spiro atoms. The fourth-order valence-corrected chi connectivity index (χ4v) is 2.74. The normalized spacial score (nSPS) is 20.2. The fraction of sp³-hybridized carbons (Fsp3) is 0.588. The van der Waals surface area contributed by atoms with Gasteiger partial charge in [0, 0.05) is 31.7 Å². The van der Waals surface area contributed by atoms with Crippen molar-refractivity contribution < 1.29 is 19.3 Å². The number of aliphatic imine (C=N–C) groups is 1. The standard InChI is InChI=1S/C17H26FN3O3.HI/c1-2-19-16(20-10-13-3-4-15(23)14(18)9-13)21-11-17(5-7-22)6-8-24-12-17;/h3-4,9,22-23H,2,5-8,10-12H2,1H3,(H2,19,20,21);1H. The predicted molar refractivity (Wildman–Crippen MR) is 106 cm³/mol. The van der Waals surface area contributed by atoms with Gasteiger partial charge in [0.2, 0.25) is 0 Å². The van der Waals surface area contributed by atoms with Crippen molar-refractivity contribution in [3.8, 4) is 5.75 Å². The molecule has 2 rings (SSSR count). The maximum atomic E-state index is 13.4. The number of hydrogen-bond acceptors (Lipinski definition) is 4. The third-order valence-electron chi connectivity index (χ3n) is 4.23. The molecule has 0 amide bonds. The fourth-order valence-electron chi connectivity index (χ4n) is 2.74. The van der Waals surface area contributed by atoms with Crippen molar-refractivity contribution >= 4 is 29.9 Å². The van der Waals surface area contributed by atoms with E-state index in [4.69, 9.17) is 4.74 Å². The van der Waals surface area contributed by atoms with Crippen LogP contribution in [0, 0.1) is 11.2 Å². The molecule has 1 aliphatic rings. The maximum absolute atomic E-state index is 13.4. The number of nitrogens with zero attached hydrogens (tertiary/aromatic N) is 1. The Labute approximate surface area is 164 Å². The van der Waals surface area contributed by atoms with E-state index >= 15 is 0 Å². The van der Waals surface area contributed by atoms with Crippen LogP contribution in [0.1, 0.15) is 25.3 Å². The summed E-state index contributed by atoms with van der Waals surface area (Å²) in [5.41, 5.74) is 0.604. The number of ether oxygens (including phenoxy) is 1. The van der Waals surface area contributed by atoms with Gasteiger partial charge >= 0.3 is 0 Å². The summed E-state index contributed by atoms with van der Waals surface area (Å²) >= 11 is 0. The van der Waals surface area contributed by atoms with Crippen LogP contribution in [0.5, 0.6) is 5.75 Å². The lowest BCUT2D eigenvalue weighted by molar-refractivity contribution is 0.127.